The Hall–Kier alpha value is -2.91. The summed E-state index contributed by atoms with van der Waals surface area (Å²) in [6.07, 6.45) is -1.50. The van der Waals surface area contributed by atoms with Gasteiger partial charge in [0.25, 0.3) is 5.91 Å². The molecule has 5 nitrogen and oxygen atoms in total. The first kappa shape index (κ1) is 24.2. The number of aryl methyl sites for hydroxylation is 1. The van der Waals surface area contributed by atoms with E-state index in [0.717, 1.165) is 15.8 Å². The molecule has 4 aromatic rings. The maximum Gasteiger partial charge on any atom is 0.406 e. The van der Waals surface area contributed by atoms with Crippen LogP contribution in [0, 0.1) is 6.92 Å². The SMILES string of the molecule is Cc1ncc(C(=O)N(CCn2ccc3ccccc32)CC(F)(F)F)c(-c2ccc(Br)c(Cl)c2)n1. The van der Waals surface area contributed by atoms with Crippen LogP contribution >= 0.6 is 27.5 Å². The van der Waals surface area contributed by atoms with Crippen LogP contribution in [0.3, 0.4) is 0 Å². The fourth-order valence-corrected chi connectivity index (χ4v) is 4.12. The van der Waals surface area contributed by atoms with Crippen LogP contribution in [0.5, 0.6) is 0 Å². The van der Waals surface area contributed by atoms with Crippen molar-refractivity contribution in [2.45, 2.75) is 19.6 Å². The molecule has 0 radical (unpaired) electrons. The summed E-state index contributed by atoms with van der Waals surface area (Å²) in [6.45, 7) is 0.301. The molecule has 0 N–H and O–H groups in total. The Balaban J connectivity index is 1.68. The smallest absolute Gasteiger partial charge is 0.346 e. The summed E-state index contributed by atoms with van der Waals surface area (Å²) in [5.74, 6) is -0.422. The lowest BCUT2D eigenvalue weighted by molar-refractivity contribution is -0.140. The molecule has 34 heavy (non-hydrogen) atoms. The Kier molecular flexibility index (Phi) is 6.95. The van der Waals surface area contributed by atoms with Crippen LogP contribution in [-0.2, 0) is 6.54 Å². The van der Waals surface area contributed by atoms with Crippen molar-refractivity contribution in [3.05, 3.63) is 81.8 Å². The molecule has 1 amide bonds. The summed E-state index contributed by atoms with van der Waals surface area (Å²) in [5, 5.41) is 1.36. The second-order valence-corrected chi connectivity index (χ2v) is 8.98. The highest BCUT2D eigenvalue weighted by molar-refractivity contribution is 9.10. The number of para-hydroxylation sites is 1. The molecule has 0 fully saturated rings. The van der Waals surface area contributed by atoms with Crippen LogP contribution in [0.2, 0.25) is 5.02 Å². The van der Waals surface area contributed by atoms with E-state index in [0.29, 0.717) is 20.9 Å². The highest BCUT2D eigenvalue weighted by Crippen LogP contribution is 2.30. The molecule has 0 aliphatic carbocycles. The maximum absolute atomic E-state index is 13.4. The minimum atomic E-state index is -4.57. The van der Waals surface area contributed by atoms with E-state index in [1.165, 1.54) is 6.20 Å². The summed E-state index contributed by atoms with van der Waals surface area (Å²) in [7, 11) is 0. The van der Waals surface area contributed by atoms with Crippen LogP contribution in [0.1, 0.15) is 16.2 Å². The maximum atomic E-state index is 13.4. The molecule has 0 aliphatic rings. The molecule has 0 saturated carbocycles. The fourth-order valence-electron chi connectivity index (χ4n) is 3.69. The standard InChI is InChI=1S/C24H19BrClF3N4O/c1-15-30-13-18(22(31-15)17-6-7-19(25)20(26)12-17)23(34)33(14-24(27,28)29)11-10-32-9-8-16-4-2-3-5-21(16)32/h2-9,12-13H,10-11,14H2,1H3. The second kappa shape index (κ2) is 9.76. The lowest BCUT2D eigenvalue weighted by atomic mass is 10.1. The lowest BCUT2D eigenvalue weighted by Crippen LogP contribution is -2.41. The number of hydrogen-bond donors (Lipinski definition) is 0. The minimum Gasteiger partial charge on any atom is -0.346 e. The van der Waals surface area contributed by atoms with Gasteiger partial charge in [-0.05, 0) is 52.5 Å². The molecule has 176 valence electrons. The van der Waals surface area contributed by atoms with Crippen molar-refractivity contribution in [1.29, 1.82) is 0 Å². The van der Waals surface area contributed by atoms with Gasteiger partial charge in [0.15, 0.2) is 0 Å². The van der Waals surface area contributed by atoms with Gasteiger partial charge in [-0.25, -0.2) is 9.97 Å². The molecule has 2 heterocycles. The number of halogens is 5. The monoisotopic (exact) mass is 550 g/mol. The van der Waals surface area contributed by atoms with Crippen LogP contribution < -0.4 is 0 Å². The largest absolute Gasteiger partial charge is 0.406 e. The first-order valence-electron chi connectivity index (χ1n) is 10.3. The number of benzene rings is 2. The molecule has 0 spiro atoms. The van der Waals surface area contributed by atoms with Crippen molar-refractivity contribution in [2.75, 3.05) is 13.1 Å². The highest BCUT2D eigenvalue weighted by Gasteiger charge is 2.34. The van der Waals surface area contributed by atoms with Gasteiger partial charge in [0.1, 0.15) is 12.4 Å². The highest BCUT2D eigenvalue weighted by atomic mass is 79.9. The van der Waals surface area contributed by atoms with Gasteiger partial charge >= 0.3 is 6.18 Å². The lowest BCUT2D eigenvalue weighted by Gasteiger charge is -2.25. The van der Waals surface area contributed by atoms with Gasteiger partial charge in [-0.3, -0.25) is 4.79 Å². The van der Waals surface area contributed by atoms with E-state index in [2.05, 4.69) is 25.9 Å². The molecule has 0 atom stereocenters. The van der Waals surface area contributed by atoms with E-state index < -0.39 is 18.6 Å². The zero-order chi connectivity index (χ0) is 24.5. The molecule has 0 unspecified atom stereocenters. The summed E-state index contributed by atoms with van der Waals surface area (Å²) in [5.41, 5.74) is 1.59. The predicted octanol–water partition coefficient (Wildman–Crippen LogP) is 6.53. The Morgan fingerprint density at radius 1 is 1.18 bits per heavy atom. The molecule has 4 rings (SSSR count). The van der Waals surface area contributed by atoms with Crippen LogP contribution in [0.25, 0.3) is 22.2 Å². The third kappa shape index (κ3) is 5.42. The van der Waals surface area contributed by atoms with Gasteiger partial charge in [0.05, 0.1) is 16.3 Å². The Morgan fingerprint density at radius 3 is 2.68 bits per heavy atom. The van der Waals surface area contributed by atoms with Crippen molar-refractivity contribution < 1.29 is 18.0 Å². The number of fused-ring (bicyclic) bond motifs is 1. The van der Waals surface area contributed by atoms with E-state index in [1.54, 1.807) is 31.3 Å². The van der Waals surface area contributed by atoms with Crippen molar-refractivity contribution in [3.63, 3.8) is 0 Å². The number of alkyl halides is 3. The average Bonchev–Trinajstić information content (AvgIpc) is 3.20. The van der Waals surface area contributed by atoms with E-state index in [1.807, 2.05) is 34.9 Å². The predicted molar refractivity (Wildman–Crippen MR) is 129 cm³/mol. The summed E-state index contributed by atoms with van der Waals surface area (Å²) >= 11 is 9.51. The molecule has 0 aliphatic heterocycles. The van der Waals surface area contributed by atoms with Gasteiger partial charge in [0.2, 0.25) is 0 Å². The van der Waals surface area contributed by atoms with E-state index >= 15 is 0 Å². The molecular weight excluding hydrogens is 533 g/mol. The first-order valence-corrected chi connectivity index (χ1v) is 11.5. The second-order valence-electron chi connectivity index (χ2n) is 7.72. The van der Waals surface area contributed by atoms with Gasteiger partial charge < -0.3 is 9.47 Å². The fraction of sp³-hybridized carbons (Fsp3) is 0.208. The van der Waals surface area contributed by atoms with E-state index in [4.69, 9.17) is 11.6 Å². The topological polar surface area (TPSA) is 51.0 Å². The van der Waals surface area contributed by atoms with Gasteiger partial charge in [-0.1, -0.05) is 35.9 Å². The summed E-state index contributed by atoms with van der Waals surface area (Å²) in [4.78, 5) is 22.6. The van der Waals surface area contributed by atoms with Crippen molar-refractivity contribution >= 4 is 44.3 Å². The normalized spacial score (nSPS) is 11.7. The van der Waals surface area contributed by atoms with Gasteiger partial charge in [-0.2, -0.15) is 13.2 Å². The number of nitrogens with zero attached hydrogens (tertiary/aromatic N) is 4. The number of carbonyl (C=O) groups excluding carboxylic acids is 1. The van der Waals surface area contributed by atoms with Crippen molar-refractivity contribution in [1.82, 2.24) is 19.4 Å². The number of hydrogen-bond acceptors (Lipinski definition) is 3. The van der Waals surface area contributed by atoms with Gasteiger partial charge in [-0.15, -0.1) is 0 Å². The Morgan fingerprint density at radius 2 is 1.94 bits per heavy atom. The third-order valence-electron chi connectivity index (χ3n) is 5.28. The quantitative estimate of drug-likeness (QED) is 0.274. The van der Waals surface area contributed by atoms with E-state index in [-0.39, 0.29) is 24.3 Å². The molecule has 0 bridgehead atoms. The van der Waals surface area contributed by atoms with Crippen LogP contribution in [-0.4, -0.2) is 44.6 Å². The number of carbonyl (C=O) groups is 1. The average molecular weight is 552 g/mol. The van der Waals surface area contributed by atoms with Gasteiger partial charge in [0, 0.05) is 41.0 Å². The Labute approximate surface area is 207 Å². The molecule has 2 aromatic heterocycles. The number of amides is 1. The van der Waals surface area contributed by atoms with Crippen LogP contribution in [0.4, 0.5) is 13.2 Å². The van der Waals surface area contributed by atoms with Crippen molar-refractivity contribution in [2.24, 2.45) is 0 Å². The molecule has 10 heteroatoms. The summed E-state index contributed by atoms with van der Waals surface area (Å²) < 4.78 is 42.8. The van der Waals surface area contributed by atoms with Crippen LogP contribution in [0.15, 0.2) is 65.4 Å². The van der Waals surface area contributed by atoms with E-state index in [9.17, 15) is 18.0 Å². The number of rotatable bonds is 6. The van der Waals surface area contributed by atoms with Crippen molar-refractivity contribution in [3.8, 4) is 11.3 Å². The Bertz CT molecular complexity index is 1360. The molecule has 0 saturated heterocycles. The molecule has 2 aromatic carbocycles. The zero-order valence-electron chi connectivity index (χ0n) is 18.0. The number of aromatic nitrogens is 3. The zero-order valence-corrected chi connectivity index (χ0v) is 20.3. The third-order valence-corrected chi connectivity index (χ3v) is 6.51. The summed E-state index contributed by atoms with van der Waals surface area (Å²) in [6, 6.07) is 14.4. The first-order chi connectivity index (χ1) is 16.1. The molecular formula is C24H19BrClF3N4O. The minimum absolute atomic E-state index is 0.0226.